The molecule has 28 heavy (non-hydrogen) atoms. The molecule has 0 radical (unpaired) electrons. The minimum atomic E-state index is -0.0460. The number of urea groups is 1. The molecule has 0 fully saturated rings. The highest BCUT2D eigenvalue weighted by molar-refractivity contribution is 5.74. The SMILES string of the molecule is C[C@H](CC1Cc2ccccc2C1)NC(=O)NC[C@@H]1Cc2ccccc2CN1C. The third kappa shape index (κ3) is 4.39. The van der Waals surface area contributed by atoms with E-state index in [1.807, 2.05) is 0 Å². The van der Waals surface area contributed by atoms with E-state index in [9.17, 15) is 4.79 Å². The quantitative estimate of drug-likeness (QED) is 0.837. The van der Waals surface area contributed by atoms with E-state index in [2.05, 4.69) is 78.0 Å². The second kappa shape index (κ2) is 8.36. The Morgan fingerprint density at radius 3 is 2.21 bits per heavy atom. The van der Waals surface area contributed by atoms with Crippen molar-refractivity contribution in [1.82, 2.24) is 15.5 Å². The molecule has 2 amide bonds. The van der Waals surface area contributed by atoms with Crippen molar-refractivity contribution in [2.24, 2.45) is 5.92 Å². The summed E-state index contributed by atoms with van der Waals surface area (Å²) in [6.45, 7) is 3.74. The zero-order valence-corrected chi connectivity index (χ0v) is 16.9. The molecule has 2 N–H and O–H groups in total. The Morgan fingerprint density at radius 1 is 1.00 bits per heavy atom. The summed E-state index contributed by atoms with van der Waals surface area (Å²) in [7, 11) is 2.14. The van der Waals surface area contributed by atoms with Crippen molar-refractivity contribution in [2.45, 2.75) is 51.2 Å². The number of likely N-dealkylation sites (N-methyl/N-ethyl adjacent to an activating group) is 1. The first kappa shape index (κ1) is 19.0. The molecule has 4 rings (SSSR count). The molecule has 2 aliphatic rings. The van der Waals surface area contributed by atoms with Crippen molar-refractivity contribution in [1.29, 1.82) is 0 Å². The van der Waals surface area contributed by atoms with Gasteiger partial charge in [-0.1, -0.05) is 48.5 Å². The number of hydrogen-bond acceptors (Lipinski definition) is 2. The molecule has 2 atom stereocenters. The fourth-order valence-corrected chi connectivity index (χ4v) is 4.81. The first-order valence-corrected chi connectivity index (χ1v) is 10.5. The van der Waals surface area contributed by atoms with Gasteiger partial charge in [-0.2, -0.15) is 0 Å². The molecule has 0 aromatic heterocycles. The van der Waals surface area contributed by atoms with Gasteiger partial charge in [0, 0.05) is 25.2 Å². The first-order valence-electron chi connectivity index (χ1n) is 10.5. The van der Waals surface area contributed by atoms with Gasteiger partial charge in [-0.05, 0) is 67.8 Å². The molecule has 4 nitrogen and oxygen atoms in total. The molecule has 0 saturated carbocycles. The number of carbonyl (C=O) groups excluding carboxylic acids is 1. The van der Waals surface area contributed by atoms with E-state index in [4.69, 9.17) is 0 Å². The maximum atomic E-state index is 12.4. The van der Waals surface area contributed by atoms with Crippen molar-refractivity contribution < 1.29 is 4.79 Å². The normalized spacial score (nSPS) is 20.3. The summed E-state index contributed by atoms with van der Waals surface area (Å²) in [4.78, 5) is 14.7. The number of hydrogen-bond donors (Lipinski definition) is 2. The van der Waals surface area contributed by atoms with Crippen molar-refractivity contribution in [3.8, 4) is 0 Å². The Balaban J connectivity index is 1.22. The van der Waals surface area contributed by atoms with Crippen molar-refractivity contribution in [2.75, 3.05) is 13.6 Å². The van der Waals surface area contributed by atoms with E-state index in [0.29, 0.717) is 18.5 Å². The van der Waals surface area contributed by atoms with Crippen molar-refractivity contribution >= 4 is 6.03 Å². The lowest BCUT2D eigenvalue weighted by Crippen LogP contribution is -2.49. The monoisotopic (exact) mass is 377 g/mol. The Kier molecular flexibility index (Phi) is 5.67. The van der Waals surface area contributed by atoms with E-state index >= 15 is 0 Å². The van der Waals surface area contributed by atoms with E-state index in [1.54, 1.807) is 0 Å². The predicted octanol–water partition coefficient (Wildman–Crippen LogP) is 3.54. The van der Waals surface area contributed by atoms with Crippen LogP contribution in [0.5, 0.6) is 0 Å². The van der Waals surface area contributed by atoms with Gasteiger partial charge in [-0.25, -0.2) is 4.79 Å². The van der Waals surface area contributed by atoms with Crippen LogP contribution in [-0.4, -0.2) is 36.6 Å². The van der Waals surface area contributed by atoms with E-state index in [-0.39, 0.29) is 12.1 Å². The van der Waals surface area contributed by atoms with Gasteiger partial charge < -0.3 is 10.6 Å². The van der Waals surface area contributed by atoms with Crippen LogP contribution in [0.2, 0.25) is 0 Å². The van der Waals surface area contributed by atoms with Gasteiger partial charge in [0.25, 0.3) is 0 Å². The number of nitrogens with zero attached hydrogens (tertiary/aromatic N) is 1. The van der Waals surface area contributed by atoms with E-state index in [1.165, 1.54) is 22.3 Å². The third-order valence-electron chi connectivity index (χ3n) is 6.32. The summed E-state index contributed by atoms with van der Waals surface area (Å²) in [5.74, 6) is 0.633. The van der Waals surface area contributed by atoms with Crippen LogP contribution in [0.3, 0.4) is 0 Å². The molecular weight excluding hydrogens is 346 g/mol. The average Bonchev–Trinajstić information content (AvgIpc) is 3.08. The van der Waals surface area contributed by atoms with Gasteiger partial charge in [0.05, 0.1) is 0 Å². The summed E-state index contributed by atoms with van der Waals surface area (Å²) in [5, 5.41) is 6.23. The minimum absolute atomic E-state index is 0.0460. The van der Waals surface area contributed by atoms with Crippen molar-refractivity contribution in [3.05, 3.63) is 70.8 Å². The fraction of sp³-hybridized carbons (Fsp3) is 0.458. The fourth-order valence-electron chi connectivity index (χ4n) is 4.81. The molecule has 2 aromatic rings. The highest BCUT2D eigenvalue weighted by Gasteiger charge is 2.25. The van der Waals surface area contributed by atoms with Crippen LogP contribution in [0, 0.1) is 5.92 Å². The molecular formula is C24H31N3O. The second-order valence-corrected chi connectivity index (χ2v) is 8.58. The molecule has 0 spiro atoms. The molecule has 1 aliphatic carbocycles. The topological polar surface area (TPSA) is 44.4 Å². The summed E-state index contributed by atoms with van der Waals surface area (Å²) in [6.07, 6.45) is 4.29. The number of benzene rings is 2. The Morgan fingerprint density at radius 2 is 1.57 bits per heavy atom. The van der Waals surface area contributed by atoms with E-state index < -0.39 is 0 Å². The zero-order valence-electron chi connectivity index (χ0n) is 16.9. The maximum Gasteiger partial charge on any atom is 0.315 e. The molecule has 0 unspecified atom stereocenters. The van der Waals surface area contributed by atoms with Gasteiger partial charge in [0.1, 0.15) is 0 Å². The highest BCUT2D eigenvalue weighted by Crippen LogP contribution is 2.29. The highest BCUT2D eigenvalue weighted by atomic mass is 16.2. The molecule has 0 saturated heterocycles. The summed E-state index contributed by atoms with van der Waals surface area (Å²) >= 11 is 0. The second-order valence-electron chi connectivity index (χ2n) is 8.58. The van der Waals surface area contributed by atoms with Crippen LogP contribution in [0.15, 0.2) is 48.5 Å². The van der Waals surface area contributed by atoms with Gasteiger partial charge in [-0.15, -0.1) is 0 Å². The van der Waals surface area contributed by atoms with Crippen LogP contribution in [-0.2, 0) is 25.8 Å². The molecule has 148 valence electrons. The molecule has 2 aromatic carbocycles. The van der Waals surface area contributed by atoms with E-state index in [0.717, 1.165) is 32.2 Å². The van der Waals surface area contributed by atoms with Crippen LogP contribution < -0.4 is 10.6 Å². The zero-order chi connectivity index (χ0) is 19.5. The third-order valence-corrected chi connectivity index (χ3v) is 6.32. The van der Waals surface area contributed by atoms with Gasteiger partial charge in [0.2, 0.25) is 0 Å². The molecule has 1 aliphatic heterocycles. The van der Waals surface area contributed by atoms with Crippen LogP contribution in [0.1, 0.15) is 35.6 Å². The lowest BCUT2D eigenvalue weighted by molar-refractivity contribution is 0.202. The van der Waals surface area contributed by atoms with Crippen LogP contribution in [0.25, 0.3) is 0 Å². The Hall–Kier alpha value is -2.33. The smallest absolute Gasteiger partial charge is 0.315 e. The van der Waals surface area contributed by atoms with Gasteiger partial charge in [-0.3, -0.25) is 4.90 Å². The molecule has 1 heterocycles. The van der Waals surface area contributed by atoms with Crippen molar-refractivity contribution in [3.63, 3.8) is 0 Å². The summed E-state index contributed by atoms with van der Waals surface area (Å²) in [6, 6.07) is 17.8. The van der Waals surface area contributed by atoms with Crippen LogP contribution in [0.4, 0.5) is 4.79 Å². The lowest BCUT2D eigenvalue weighted by Gasteiger charge is -2.34. The Labute approximate surface area is 168 Å². The largest absolute Gasteiger partial charge is 0.337 e. The number of rotatable bonds is 5. The van der Waals surface area contributed by atoms with Gasteiger partial charge >= 0.3 is 6.03 Å². The minimum Gasteiger partial charge on any atom is -0.337 e. The molecule has 4 heteroatoms. The maximum absolute atomic E-state index is 12.4. The first-order chi connectivity index (χ1) is 13.6. The Bertz CT molecular complexity index is 809. The summed E-state index contributed by atoms with van der Waals surface area (Å²) in [5.41, 5.74) is 5.76. The van der Waals surface area contributed by atoms with Crippen LogP contribution >= 0.6 is 0 Å². The number of nitrogens with one attached hydrogen (secondary N) is 2. The summed E-state index contributed by atoms with van der Waals surface area (Å²) < 4.78 is 0. The lowest BCUT2D eigenvalue weighted by atomic mass is 9.94. The standard InChI is InChI=1S/C24H31N3O/c1-17(11-18-12-19-7-3-4-8-20(19)13-18)26-24(28)25-15-23-14-21-9-5-6-10-22(21)16-27(23)2/h3-10,17-18,23H,11-16H2,1-2H3,(H2,25,26,28)/t17-,23+/m1/s1. The number of fused-ring (bicyclic) bond motifs is 2. The number of carbonyl (C=O) groups is 1. The number of amides is 2. The van der Waals surface area contributed by atoms with Gasteiger partial charge in [0.15, 0.2) is 0 Å². The average molecular weight is 378 g/mol. The predicted molar refractivity (Wildman–Crippen MR) is 113 cm³/mol. The molecule has 0 bridgehead atoms.